The van der Waals surface area contributed by atoms with E-state index in [0.29, 0.717) is 30.2 Å². The molecule has 2 aromatic carbocycles. The summed E-state index contributed by atoms with van der Waals surface area (Å²) in [6.45, 7) is 2.78. The molecular formula is C29H31ClN2O4. The van der Waals surface area contributed by atoms with Crippen molar-refractivity contribution in [3.05, 3.63) is 88.6 Å². The van der Waals surface area contributed by atoms with E-state index >= 15 is 0 Å². The van der Waals surface area contributed by atoms with Gasteiger partial charge in [0.15, 0.2) is 0 Å². The fraction of sp³-hybridized carbons (Fsp3) is 0.345. The van der Waals surface area contributed by atoms with Crippen molar-refractivity contribution in [1.82, 2.24) is 9.88 Å². The number of piperidine rings is 1. The van der Waals surface area contributed by atoms with Gasteiger partial charge in [0, 0.05) is 48.4 Å². The summed E-state index contributed by atoms with van der Waals surface area (Å²) in [4.78, 5) is 6.88. The number of halogens is 1. The van der Waals surface area contributed by atoms with E-state index < -0.39 is 5.60 Å². The van der Waals surface area contributed by atoms with Crippen LogP contribution in [0.5, 0.6) is 17.4 Å². The van der Waals surface area contributed by atoms with E-state index in [-0.39, 0.29) is 13.2 Å². The van der Waals surface area contributed by atoms with Crippen molar-refractivity contribution in [2.45, 2.75) is 31.3 Å². The normalized spacial score (nSPS) is 18.1. The van der Waals surface area contributed by atoms with Crippen molar-refractivity contribution < 1.29 is 19.7 Å². The van der Waals surface area contributed by atoms with Crippen LogP contribution >= 0.6 is 11.6 Å². The highest BCUT2D eigenvalue weighted by atomic mass is 35.5. The summed E-state index contributed by atoms with van der Waals surface area (Å²) >= 11 is 6.02. The van der Waals surface area contributed by atoms with Crippen LogP contribution in [-0.2, 0) is 12.0 Å². The van der Waals surface area contributed by atoms with Crippen LogP contribution in [-0.4, -0.2) is 52.9 Å². The van der Waals surface area contributed by atoms with Crippen LogP contribution in [0.3, 0.4) is 0 Å². The van der Waals surface area contributed by atoms with Crippen molar-refractivity contribution in [2.24, 2.45) is 0 Å². The fourth-order valence-electron chi connectivity index (χ4n) is 5.01. The number of fused-ring (bicyclic) bond motifs is 2. The lowest BCUT2D eigenvalue weighted by Crippen LogP contribution is -2.42. The largest absolute Gasteiger partial charge is 0.491 e. The topological polar surface area (TPSA) is 75.1 Å². The second-order valence-corrected chi connectivity index (χ2v) is 9.77. The molecule has 1 aromatic heterocycles. The number of pyridine rings is 1. The minimum atomic E-state index is -0.794. The van der Waals surface area contributed by atoms with E-state index in [1.165, 1.54) is 0 Å². The van der Waals surface area contributed by atoms with E-state index in [9.17, 15) is 10.2 Å². The van der Waals surface area contributed by atoms with Crippen molar-refractivity contribution in [3.8, 4) is 17.4 Å². The zero-order valence-electron chi connectivity index (χ0n) is 20.2. The molecule has 0 unspecified atom stereocenters. The van der Waals surface area contributed by atoms with Gasteiger partial charge >= 0.3 is 0 Å². The molecule has 1 saturated heterocycles. The number of aromatic nitrogens is 1. The summed E-state index contributed by atoms with van der Waals surface area (Å²) in [5.41, 5.74) is 3.23. The lowest BCUT2D eigenvalue weighted by molar-refractivity contribution is -0.0254. The highest BCUT2D eigenvalue weighted by Gasteiger charge is 2.33. The van der Waals surface area contributed by atoms with Gasteiger partial charge in [-0.15, -0.1) is 0 Å². The second kappa shape index (κ2) is 11.0. The first-order valence-corrected chi connectivity index (χ1v) is 12.8. The second-order valence-electron chi connectivity index (χ2n) is 9.34. The molecule has 3 heterocycles. The molecule has 188 valence electrons. The number of allylic oxidation sites excluding steroid dienone is 1. The van der Waals surface area contributed by atoms with E-state index in [2.05, 4.69) is 16.0 Å². The Morgan fingerprint density at radius 1 is 1.08 bits per heavy atom. The standard InChI is InChI=1S/C29H31ClN2O4/c30-23-10-8-22(9-11-23)29(34)12-16-32(17-13-29)15-3-4-21-20-25-26(35-19-18-33)6-1-7-27(25)36-28-24(21)5-2-14-31-28/h1-2,4-11,14,33-34H,3,12-13,15-20H2/b21-4-. The summed E-state index contributed by atoms with van der Waals surface area (Å²) < 4.78 is 12.0. The van der Waals surface area contributed by atoms with Gasteiger partial charge in [0.25, 0.3) is 0 Å². The molecule has 1 fully saturated rings. The number of benzene rings is 2. The summed E-state index contributed by atoms with van der Waals surface area (Å²) in [5, 5.41) is 21.1. The summed E-state index contributed by atoms with van der Waals surface area (Å²) in [7, 11) is 0. The number of hydrogen-bond donors (Lipinski definition) is 2. The van der Waals surface area contributed by atoms with Crippen molar-refractivity contribution in [1.29, 1.82) is 0 Å². The van der Waals surface area contributed by atoms with Crippen LogP contribution in [0.15, 0.2) is 66.9 Å². The molecule has 2 aliphatic rings. The molecule has 0 radical (unpaired) electrons. The molecule has 0 saturated carbocycles. The fourth-order valence-corrected chi connectivity index (χ4v) is 5.14. The highest BCUT2D eigenvalue weighted by molar-refractivity contribution is 6.30. The van der Waals surface area contributed by atoms with Gasteiger partial charge in [-0.25, -0.2) is 4.98 Å². The van der Waals surface area contributed by atoms with Gasteiger partial charge in [0.2, 0.25) is 5.88 Å². The maximum Gasteiger partial charge on any atom is 0.226 e. The molecule has 5 rings (SSSR count). The summed E-state index contributed by atoms with van der Waals surface area (Å²) in [5.74, 6) is 2.04. The molecule has 2 N–H and O–H groups in total. The zero-order valence-corrected chi connectivity index (χ0v) is 21.0. The zero-order chi connectivity index (χ0) is 25.0. The van der Waals surface area contributed by atoms with Crippen LogP contribution in [0.25, 0.3) is 5.57 Å². The lowest BCUT2D eigenvalue weighted by atomic mass is 9.84. The Balaban J connectivity index is 1.28. The number of aliphatic hydroxyl groups is 2. The number of nitrogens with zero attached hydrogens (tertiary/aromatic N) is 2. The Labute approximate surface area is 216 Å². The summed E-state index contributed by atoms with van der Waals surface area (Å²) in [6.07, 6.45) is 6.93. The van der Waals surface area contributed by atoms with Gasteiger partial charge in [0.05, 0.1) is 12.2 Å². The third-order valence-corrected chi connectivity index (χ3v) is 7.28. The van der Waals surface area contributed by atoms with E-state index in [1.807, 2.05) is 54.6 Å². The van der Waals surface area contributed by atoms with Gasteiger partial charge in [-0.05, 0) is 66.8 Å². The van der Waals surface area contributed by atoms with E-state index in [4.69, 9.17) is 21.1 Å². The quantitative estimate of drug-likeness (QED) is 0.458. The molecule has 0 bridgehead atoms. The van der Waals surface area contributed by atoms with Crippen LogP contribution in [0.1, 0.15) is 36.0 Å². The van der Waals surface area contributed by atoms with Gasteiger partial charge < -0.3 is 24.6 Å². The first-order chi connectivity index (χ1) is 17.6. The predicted molar refractivity (Wildman–Crippen MR) is 141 cm³/mol. The molecule has 0 atom stereocenters. The lowest BCUT2D eigenvalue weighted by Gasteiger charge is -2.38. The third-order valence-electron chi connectivity index (χ3n) is 7.03. The van der Waals surface area contributed by atoms with Crippen LogP contribution in [0.2, 0.25) is 5.02 Å². The molecule has 2 aliphatic heterocycles. The average Bonchev–Trinajstić information content (AvgIpc) is 3.06. The molecule has 0 amide bonds. The molecule has 36 heavy (non-hydrogen) atoms. The minimum Gasteiger partial charge on any atom is -0.491 e. The minimum absolute atomic E-state index is 0.0437. The number of likely N-dealkylation sites (tertiary alicyclic amines) is 1. The molecule has 0 aliphatic carbocycles. The Hall–Kier alpha value is -2.90. The van der Waals surface area contributed by atoms with Crippen molar-refractivity contribution in [2.75, 3.05) is 32.8 Å². The first kappa shape index (κ1) is 24.8. The number of ether oxygens (including phenoxy) is 2. The predicted octanol–water partition coefficient (Wildman–Crippen LogP) is 5.21. The summed E-state index contributed by atoms with van der Waals surface area (Å²) in [6, 6.07) is 17.2. The molecule has 7 heteroatoms. The maximum absolute atomic E-state index is 11.2. The smallest absolute Gasteiger partial charge is 0.226 e. The van der Waals surface area contributed by atoms with Gasteiger partial charge in [-0.1, -0.05) is 35.9 Å². The van der Waals surface area contributed by atoms with E-state index in [1.54, 1.807) is 6.20 Å². The van der Waals surface area contributed by atoms with Gasteiger partial charge in [-0.2, -0.15) is 0 Å². The first-order valence-electron chi connectivity index (χ1n) is 12.4. The number of aliphatic hydroxyl groups excluding tert-OH is 1. The Kier molecular flexibility index (Phi) is 7.58. The van der Waals surface area contributed by atoms with E-state index in [0.717, 1.165) is 59.8 Å². The number of hydrogen-bond acceptors (Lipinski definition) is 6. The van der Waals surface area contributed by atoms with Gasteiger partial charge in [-0.3, -0.25) is 0 Å². The number of rotatable bonds is 7. The van der Waals surface area contributed by atoms with Gasteiger partial charge in [0.1, 0.15) is 18.1 Å². The van der Waals surface area contributed by atoms with Crippen LogP contribution in [0, 0.1) is 0 Å². The third kappa shape index (κ3) is 5.42. The maximum atomic E-state index is 11.2. The molecule has 6 nitrogen and oxygen atoms in total. The van der Waals surface area contributed by atoms with Crippen molar-refractivity contribution >= 4 is 17.2 Å². The monoisotopic (exact) mass is 506 g/mol. The highest BCUT2D eigenvalue weighted by Crippen LogP contribution is 2.41. The SMILES string of the molecule is OCCOc1cccc2c1C/C(=C/CCN1CCC(O)(c3ccc(Cl)cc3)CC1)c1cccnc1O2. The molecular weight excluding hydrogens is 476 g/mol. The van der Waals surface area contributed by atoms with Crippen LogP contribution < -0.4 is 9.47 Å². The Bertz CT molecular complexity index is 1220. The Morgan fingerprint density at radius 3 is 2.67 bits per heavy atom. The van der Waals surface area contributed by atoms with Crippen LogP contribution in [0.4, 0.5) is 0 Å². The van der Waals surface area contributed by atoms with Crippen molar-refractivity contribution in [3.63, 3.8) is 0 Å². The Morgan fingerprint density at radius 2 is 1.89 bits per heavy atom. The molecule has 3 aromatic rings. The molecule has 0 spiro atoms. The average molecular weight is 507 g/mol.